The summed E-state index contributed by atoms with van der Waals surface area (Å²) >= 11 is 1.88. The maximum Gasteiger partial charge on any atom is 0.164 e. The van der Waals surface area contributed by atoms with Crippen LogP contribution in [0.15, 0.2) is 59.7 Å². The van der Waals surface area contributed by atoms with E-state index in [9.17, 15) is 0 Å². The predicted molar refractivity (Wildman–Crippen MR) is 116 cm³/mol. The average molecular weight is 390 g/mol. The lowest BCUT2D eigenvalue weighted by Crippen LogP contribution is -2.46. The van der Waals surface area contributed by atoms with Crippen molar-refractivity contribution in [1.82, 2.24) is 9.88 Å². The predicted octanol–water partition coefficient (Wildman–Crippen LogP) is 4.93. The minimum absolute atomic E-state index is 0.527. The standard InChI is InChI=1S/C23H23N3OS/c1-27-15-21-11-19-10-20(7-6-17(19)13-24-21)25-23-26-14-18-5-3-2-4-16(18)12-22(26)8-9-28-23/h2-7,10-11,13,22H,8-9,12,14-15H2,1H3. The lowest BCUT2D eigenvalue weighted by atomic mass is 9.93. The quantitative estimate of drug-likeness (QED) is 0.636. The van der Waals surface area contributed by atoms with E-state index in [-0.39, 0.29) is 0 Å². The van der Waals surface area contributed by atoms with Crippen LogP contribution in [0.1, 0.15) is 23.2 Å². The summed E-state index contributed by atoms with van der Waals surface area (Å²) in [5.41, 5.74) is 4.88. The molecule has 0 spiro atoms. The summed E-state index contributed by atoms with van der Waals surface area (Å²) in [5, 5.41) is 3.44. The Labute approximate surface area is 169 Å². The number of pyridine rings is 1. The normalized spacial score (nSPS) is 20.2. The molecule has 0 N–H and O–H groups in total. The second kappa shape index (κ2) is 7.57. The third kappa shape index (κ3) is 3.40. The molecule has 1 fully saturated rings. The van der Waals surface area contributed by atoms with Gasteiger partial charge in [-0.1, -0.05) is 42.1 Å². The number of ether oxygens (including phenoxy) is 1. The number of methoxy groups -OCH3 is 1. The molecule has 0 saturated carbocycles. The molecule has 0 radical (unpaired) electrons. The summed E-state index contributed by atoms with van der Waals surface area (Å²) in [6, 6.07) is 17.8. The fraction of sp³-hybridized carbons (Fsp3) is 0.304. The third-order valence-corrected chi connectivity index (χ3v) is 6.59. The Bertz CT molecular complexity index is 1050. The van der Waals surface area contributed by atoms with E-state index in [2.05, 4.69) is 58.4 Å². The molecule has 5 rings (SSSR count). The maximum atomic E-state index is 5.22. The highest BCUT2D eigenvalue weighted by Crippen LogP contribution is 2.34. The van der Waals surface area contributed by atoms with Crippen molar-refractivity contribution >= 4 is 33.4 Å². The Balaban J connectivity index is 1.48. The van der Waals surface area contributed by atoms with Gasteiger partial charge in [-0.25, -0.2) is 4.99 Å². The molecule has 2 aliphatic rings. The van der Waals surface area contributed by atoms with Crippen LogP contribution in [0.2, 0.25) is 0 Å². The third-order valence-electron chi connectivity index (χ3n) is 5.56. The fourth-order valence-electron chi connectivity index (χ4n) is 4.12. The van der Waals surface area contributed by atoms with Crippen LogP contribution in [-0.4, -0.2) is 34.0 Å². The van der Waals surface area contributed by atoms with Crippen molar-refractivity contribution in [3.63, 3.8) is 0 Å². The number of amidine groups is 1. The van der Waals surface area contributed by atoms with Crippen LogP contribution in [0.5, 0.6) is 0 Å². The van der Waals surface area contributed by atoms with Crippen LogP contribution in [0.3, 0.4) is 0 Å². The van der Waals surface area contributed by atoms with Gasteiger partial charge in [-0.15, -0.1) is 0 Å². The molecule has 142 valence electrons. The largest absolute Gasteiger partial charge is 0.378 e. The van der Waals surface area contributed by atoms with E-state index in [1.165, 1.54) is 17.5 Å². The number of hydrogen-bond donors (Lipinski definition) is 0. The first-order valence-electron chi connectivity index (χ1n) is 9.73. The molecule has 0 aliphatic carbocycles. The molecule has 4 nitrogen and oxygen atoms in total. The first-order chi connectivity index (χ1) is 13.8. The SMILES string of the molecule is COCc1cc2cc(N=C3SCCC4Cc5ccccc5CN34)ccc2cn1. The van der Waals surface area contributed by atoms with Crippen molar-refractivity contribution in [3.8, 4) is 0 Å². The monoisotopic (exact) mass is 389 g/mol. The van der Waals surface area contributed by atoms with Gasteiger partial charge in [-0.2, -0.15) is 0 Å². The lowest BCUT2D eigenvalue weighted by Gasteiger charge is -2.41. The van der Waals surface area contributed by atoms with E-state index in [1.807, 2.05) is 18.0 Å². The van der Waals surface area contributed by atoms with Crippen molar-refractivity contribution in [2.24, 2.45) is 4.99 Å². The molecule has 2 aromatic carbocycles. The molecule has 1 unspecified atom stereocenters. The van der Waals surface area contributed by atoms with Gasteiger partial charge in [0.1, 0.15) is 0 Å². The first-order valence-corrected chi connectivity index (χ1v) is 10.7. The summed E-state index contributed by atoms with van der Waals surface area (Å²) in [7, 11) is 1.70. The Kier molecular flexibility index (Phi) is 4.79. The van der Waals surface area contributed by atoms with Crippen LogP contribution in [0.25, 0.3) is 10.8 Å². The van der Waals surface area contributed by atoms with Gasteiger partial charge in [0.05, 0.1) is 18.0 Å². The summed E-state index contributed by atoms with van der Waals surface area (Å²) in [5.74, 6) is 1.14. The summed E-state index contributed by atoms with van der Waals surface area (Å²) in [6.07, 6.45) is 4.26. The molecular formula is C23H23N3OS. The molecule has 2 aliphatic heterocycles. The first kappa shape index (κ1) is 17.7. The summed E-state index contributed by atoms with van der Waals surface area (Å²) in [6.45, 7) is 1.49. The Morgan fingerprint density at radius 2 is 2.04 bits per heavy atom. The van der Waals surface area contributed by atoms with Crippen LogP contribution < -0.4 is 0 Å². The number of aromatic nitrogens is 1. The number of benzene rings is 2. The molecule has 3 aromatic rings. The Morgan fingerprint density at radius 1 is 1.14 bits per heavy atom. The second-order valence-electron chi connectivity index (χ2n) is 7.43. The van der Waals surface area contributed by atoms with E-state index in [0.29, 0.717) is 12.6 Å². The van der Waals surface area contributed by atoms with Crippen LogP contribution in [-0.2, 0) is 24.3 Å². The highest BCUT2D eigenvalue weighted by atomic mass is 32.2. The fourth-order valence-corrected chi connectivity index (χ4v) is 5.24. The Morgan fingerprint density at radius 3 is 2.93 bits per heavy atom. The summed E-state index contributed by atoms with van der Waals surface area (Å²) < 4.78 is 5.22. The van der Waals surface area contributed by atoms with Gasteiger partial charge in [0.25, 0.3) is 0 Å². The van der Waals surface area contributed by atoms with Crippen LogP contribution in [0, 0.1) is 0 Å². The summed E-state index contributed by atoms with van der Waals surface area (Å²) in [4.78, 5) is 12.0. The van der Waals surface area contributed by atoms with E-state index < -0.39 is 0 Å². The van der Waals surface area contributed by atoms with Crippen LogP contribution >= 0.6 is 11.8 Å². The van der Waals surface area contributed by atoms with Gasteiger partial charge < -0.3 is 9.64 Å². The topological polar surface area (TPSA) is 37.7 Å². The van der Waals surface area contributed by atoms with Gasteiger partial charge in [0.2, 0.25) is 0 Å². The number of fused-ring (bicyclic) bond motifs is 3. The highest BCUT2D eigenvalue weighted by molar-refractivity contribution is 8.13. The number of rotatable bonds is 3. The lowest BCUT2D eigenvalue weighted by molar-refractivity contribution is 0.181. The zero-order valence-electron chi connectivity index (χ0n) is 16.0. The van der Waals surface area contributed by atoms with E-state index >= 15 is 0 Å². The molecular weight excluding hydrogens is 366 g/mol. The molecule has 5 heteroatoms. The molecule has 28 heavy (non-hydrogen) atoms. The minimum Gasteiger partial charge on any atom is -0.378 e. The number of aliphatic imine (C=N–C) groups is 1. The molecule has 1 aromatic heterocycles. The smallest absolute Gasteiger partial charge is 0.164 e. The second-order valence-corrected chi connectivity index (χ2v) is 8.49. The van der Waals surface area contributed by atoms with Gasteiger partial charge >= 0.3 is 0 Å². The van der Waals surface area contributed by atoms with Crippen molar-refractivity contribution in [1.29, 1.82) is 0 Å². The van der Waals surface area contributed by atoms with Crippen molar-refractivity contribution < 1.29 is 4.74 Å². The Hall–Kier alpha value is -2.37. The molecule has 0 bridgehead atoms. The molecule has 0 amide bonds. The minimum atomic E-state index is 0.527. The number of hydrogen-bond acceptors (Lipinski definition) is 4. The van der Waals surface area contributed by atoms with E-state index in [0.717, 1.165) is 46.0 Å². The molecule has 1 atom stereocenters. The molecule has 1 saturated heterocycles. The number of nitrogens with zero attached hydrogens (tertiary/aromatic N) is 3. The van der Waals surface area contributed by atoms with Gasteiger partial charge in [0, 0.05) is 37.0 Å². The zero-order chi connectivity index (χ0) is 18.9. The van der Waals surface area contributed by atoms with Crippen LogP contribution in [0.4, 0.5) is 5.69 Å². The van der Waals surface area contributed by atoms with Crippen molar-refractivity contribution in [2.45, 2.75) is 32.0 Å². The van der Waals surface area contributed by atoms with Gasteiger partial charge in [-0.05, 0) is 47.6 Å². The van der Waals surface area contributed by atoms with Crippen molar-refractivity contribution in [2.75, 3.05) is 12.9 Å². The van der Waals surface area contributed by atoms with Crippen molar-refractivity contribution in [3.05, 3.63) is 71.5 Å². The average Bonchev–Trinajstić information content (AvgIpc) is 2.73. The van der Waals surface area contributed by atoms with E-state index in [4.69, 9.17) is 9.73 Å². The number of thioether (sulfide) groups is 1. The maximum absolute atomic E-state index is 5.22. The van der Waals surface area contributed by atoms with Gasteiger partial charge in [-0.3, -0.25) is 4.98 Å². The van der Waals surface area contributed by atoms with Gasteiger partial charge in [0.15, 0.2) is 5.17 Å². The van der Waals surface area contributed by atoms with E-state index in [1.54, 1.807) is 7.11 Å². The zero-order valence-corrected chi connectivity index (χ0v) is 16.8. The molecule has 3 heterocycles. The highest BCUT2D eigenvalue weighted by Gasteiger charge is 2.31.